The molecule has 43 heavy (non-hydrogen) atoms. The van der Waals surface area contributed by atoms with Crippen LogP contribution in [0.25, 0.3) is 0 Å². The predicted octanol–water partition coefficient (Wildman–Crippen LogP) is 2.81. The topological polar surface area (TPSA) is 154 Å². The first-order valence-electron chi connectivity index (χ1n) is 14.2. The number of rotatable bonds is 12. The van der Waals surface area contributed by atoms with Crippen molar-refractivity contribution in [2.75, 3.05) is 19.8 Å². The third kappa shape index (κ3) is 11.7. The van der Waals surface area contributed by atoms with Crippen LogP contribution in [-0.2, 0) is 30.3 Å². The van der Waals surface area contributed by atoms with Crippen molar-refractivity contribution in [3.8, 4) is 0 Å². The van der Waals surface area contributed by atoms with E-state index in [0.29, 0.717) is 5.56 Å². The van der Waals surface area contributed by atoms with Crippen LogP contribution in [0.3, 0.4) is 0 Å². The Morgan fingerprint density at radius 2 is 1.47 bits per heavy atom. The molecule has 3 atom stereocenters. The number of nitrogens with one attached hydrogen (secondary N) is 2. The number of carbonyl (C=O) groups excluding carboxylic acids is 4. The van der Waals surface area contributed by atoms with Crippen molar-refractivity contribution >= 4 is 23.9 Å². The Hall–Kier alpha value is -3.96. The standard InChI is InChI=1S/C32H45N3O8/c1-21-12-11-15-23(18-21)26(35(16-17-36)28(39)25(20-37)34-30(41)43-32(5,6)7)27(38)33-24(29(40)42-31(2,3)4)19-22-13-9-8-10-14-22/h8-15,18,24-26,36-37H,16-17,19-20H2,1-7H3,(H,33,38)(H,34,41). The average Bonchev–Trinajstić information content (AvgIpc) is 2.89. The van der Waals surface area contributed by atoms with Gasteiger partial charge in [-0.2, -0.15) is 0 Å². The Kier molecular flexibility index (Phi) is 12.7. The van der Waals surface area contributed by atoms with Gasteiger partial charge in [-0.05, 0) is 59.6 Å². The van der Waals surface area contributed by atoms with Gasteiger partial charge in [0.2, 0.25) is 11.8 Å². The second-order valence-electron chi connectivity index (χ2n) is 12.2. The summed E-state index contributed by atoms with van der Waals surface area (Å²) in [6.07, 6.45) is -0.816. The maximum absolute atomic E-state index is 14.1. The van der Waals surface area contributed by atoms with Crippen molar-refractivity contribution in [3.05, 3.63) is 71.3 Å². The summed E-state index contributed by atoms with van der Waals surface area (Å²) in [6, 6.07) is 12.0. The molecule has 236 valence electrons. The largest absolute Gasteiger partial charge is 0.458 e. The number of aliphatic hydroxyl groups excluding tert-OH is 2. The molecule has 0 saturated carbocycles. The zero-order valence-electron chi connectivity index (χ0n) is 26.0. The summed E-state index contributed by atoms with van der Waals surface area (Å²) in [6.45, 7) is 10.3. The molecule has 2 aromatic carbocycles. The van der Waals surface area contributed by atoms with E-state index in [-0.39, 0.29) is 13.0 Å². The molecule has 11 nitrogen and oxygen atoms in total. The maximum Gasteiger partial charge on any atom is 0.408 e. The van der Waals surface area contributed by atoms with Crippen molar-refractivity contribution in [1.29, 1.82) is 0 Å². The first-order valence-corrected chi connectivity index (χ1v) is 14.2. The molecule has 0 spiro atoms. The van der Waals surface area contributed by atoms with Crippen LogP contribution in [0, 0.1) is 6.92 Å². The zero-order valence-corrected chi connectivity index (χ0v) is 26.0. The molecule has 0 aliphatic rings. The average molecular weight is 600 g/mol. The molecule has 0 fully saturated rings. The Bertz CT molecular complexity index is 1240. The van der Waals surface area contributed by atoms with Crippen molar-refractivity contribution in [3.63, 3.8) is 0 Å². The molecule has 0 aromatic heterocycles. The molecule has 0 saturated heterocycles. The number of benzene rings is 2. The summed E-state index contributed by atoms with van der Waals surface area (Å²) in [5.74, 6) is -2.21. The van der Waals surface area contributed by atoms with Crippen LogP contribution >= 0.6 is 0 Å². The van der Waals surface area contributed by atoms with E-state index in [0.717, 1.165) is 16.0 Å². The number of amides is 3. The lowest BCUT2D eigenvalue weighted by Gasteiger charge is -2.34. The minimum atomic E-state index is -1.48. The van der Waals surface area contributed by atoms with Crippen molar-refractivity contribution in [2.45, 2.75) is 84.2 Å². The number of aliphatic hydroxyl groups is 2. The number of ether oxygens (including phenoxy) is 2. The fraction of sp³-hybridized carbons (Fsp3) is 0.500. The second-order valence-corrected chi connectivity index (χ2v) is 12.2. The van der Waals surface area contributed by atoms with Gasteiger partial charge >= 0.3 is 12.1 Å². The summed E-state index contributed by atoms with van der Waals surface area (Å²) in [7, 11) is 0. The molecule has 0 radical (unpaired) electrons. The smallest absolute Gasteiger partial charge is 0.408 e. The van der Waals surface area contributed by atoms with Crippen LogP contribution in [0.1, 0.15) is 64.3 Å². The number of alkyl carbamates (subject to hydrolysis) is 1. The monoisotopic (exact) mass is 599 g/mol. The maximum atomic E-state index is 14.1. The van der Waals surface area contributed by atoms with Crippen LogP contribution in [0.15, 0.2) is 54.6 Å². The van der Waals surface area contributed by atoms with Crippen molar-refractivity contribution in [1.82, 2.24) is 15.5 Å². The lowest BCUT2D eigenvalue weighted by atomic mass is 9.99. The summed E-state index contributed by atoms with van der Waals surface area (Å²) in [4.78, 5) is 54.7. The van der Waals surface area contributed by atoms with Gasteiger partial charge in [0.15, 0.2) is 0 Å². The van der Waals surface area contributed by atoms with Gasteiger partial charge in [0.1, 0.15) is 29.3 Å². The van der Waals surface area contributed by atoms with Crippen LogP contribution < -0.4 is 10.6 Å². The lowest BCUT2D eigenvalue weighted by Crippen LogP contribution is -2.56. The molecule has 0 aliphatic heterocycles. The van der Waals surface area contributed by atoms with Gasteiger partial charge in [-0.1, -0.05) is 60.2 Å². The number of hydrogen-bond acceptors (Lipinski definition) is 8. The lowest BCUT2D eigenvalue weighted by molar-refractivity contribution is -0.159. The van der Waals surface area contributed by atoms with E-state index in [1.807, 2.05) is 43.3 Å². The molecule has 0 heterocycles. The van der Waals surface area contributed by atoms with Crippen LogP contribution in [0.4, 0.5) is 4.79 Å². The first kappa shape index (κ1) is 35.2. The summed E-state index contributed by atoms with van der Waals surface area (Å²) < 4.78 is 10.8. The van der Waals surface area contributed by atoms with E-state index < -0.39 is 66.4 Å². The highest BCUT2D eigenvalue weighted by Crippen LogP contribution is 2.24. The number of carbonyl (C=O) groups is 4. The van der Waals surface area contributed by atoms with Crippen molar-refractivity contribution in [2.24, 2.45) is 0 Å². The fourth-order valence-electron chi connectivity index (χ4n) is 4.29. The third-order valence-corrected chi connectivity index (χ3v) is 6.00. The quantitative estimate of drug-likeness (QED) is 0.272. The predicted molar refractivity (Wildman–Crippen MR) is 161 cm³/mol. The molecular formula is C32H45N3O8. The second kappa shape index (κ2) is 15.5. The Labute approximate surface area is 253 Å². The van der Waals surface area contributed by atoms with Gasteiger partial charge < -0.3 is 35.2 Å². The van der Waals surface area contributed by atoms with Gasteiger partial charge in [0, 0.05) is 13.0 Å². The van der Waals surface area contributed by atoms with Gasteiger partial charge in [-0.3, -0.25) is 9.59 Å². The molecule has 0 bridgehead atoms. The third-order valence-electron chi connectivity index (χ3n) is 6.00. The number of aryl methyl sites for hydroxylation is 1. The van der Waals surface area contributed by atoms with Crippen LogP contribution in [-0.4, -0.2) is 82.0 Å². The van der Waals surface area contributed by atoms with Gasteiger partial charge in [0.05, 0.1) is 13.2 Å². The van der Waals surface area contributed by atoms with E-state index >= 15 is 0 Å². The number of nitrogens with zero attached hydrogens (tertiary/aromatic N) is 1. The Balaban J connectivity index is 2.52. The molecule has 4 N–H and O–H groups in total. The molecule has 2 aromatic rings. The summed E-state index contributed by atoms with van der Waals surface area (Å²) >= 11 is 0. The highest BCUT2D eigenvalue weighted by Gasteiger charge is 2.38. The van der Waals surface area contributed by atoms with Gasteiger partial charge in [-0.15, -0.1) is 0 Å². The summed E-state index contributed by atoms with van der Waals surface area (Å²) in [5, 5.41) is 25.1. The van der Waals surface area contributed by atoms with Crippen LogP contribution in [0.5, 0.6) is 0 Å². The molecule has 0 aliphatic carbocycles. The first-order chi connectivity index (χ1) is 20.0. The fourth-order valence-corrected chi connectivity index (χ4v) is 4.29. The molecule has 3 unspecified atom stereocenters. The van der Waals surface area contributed by atoms with Gasteiger partial charge in [0.25, 0.3) is 0 Å². The number of hydrogen-bond donors (Lipinski definition) is 4. The van der Waals surface area contributed by atoms with E-state index in [2.05, 4.69) is 10.6 Å². The van der Waals surface area contributed by atoms with Gasteiger partial charge in [-0.25, -0.2) is 9.59 Å². The zero-order chi connectivity index (χ0) is 32.4. The number of esters is 1. The van der Waals surface area contributed by atoms with Crippen LogP contribution in [0.2, 0.25) is 0 Å². The molecule has 2 rings (SSSR count). The van der Waals surface area contributed by atoms with E-state index in [1.165, 1.54) is 0 Å². The molecular weight excluding hydrogens is 554 g/mol. The van der Waals surface area contributed by atoms with E-state index in [1.54, 1.807) is 59.7 Å². The summed E-state index contributed by atoms with van der Waals surface area (Å²) in [5.41, 5.74) is 0.280. The Morgan fingerprint density at radius 1 is 0.837 bits per heavy atom. The normalized spacial score (nSPS) is 13.7. The highest BCUT2D eigenvalue weighted by atomic mass is 16.6. The highest BCUT2D eigenvalue weighted by molar-refractivity contribution is 5.94. The Morgan fingerprint density at radius 3 is 2.00 bits per heavy atom. The minimum Gasteiger partial charge on any atom is -0.458 e. The van der Waals surface area contributed by atoms with E-state index in [9.17, 15) is 29.4 Å². The van der Waals surface area contributed by atoms with Crippen molar-refractivity contribution < 1.29 is 38.9 Å². The minimum absolute atomic E-state index is 0.120. The SMILES string of the molecule is Cc1cccc(C(C(=O)NC(Cc2ccccc2)C(=O)OC(C)(C)C)N(CCO)C(=O)C(CO)NC(=O)OC(C)(C)C)c1. The van der Waals surface area contributed by atoms with E-state index in [4.69, 9.17) is 9.47 Å². The molecule has 3 amide bonds. The molecule has 11 heteroatoms.